The lowest BCUT2D eigenvalue weighted by Crippen LogP contribution is -2.32. The zero-order valence-corrected chi connectivity index (χ0v) is 17.9. The van der Waals surface area contributed by atoms with Gasteiger partial charge in [0, 0.05) is 11.6 Å². The third-order valence-electron chi connectivity index (χ3n) is 5.01. The summed E-state index contributed by atoms with van der Waals surface area (Å²) in [6.07, 6.45) is 1.38. The molecule has 4 rings (SSSR count). The molecule has 3 aromatic carbocycles. The number of aromatic nitrogens is 2. The Kier molecular flexibility index (Phi) is 7.36. The van der Waals surface area contributed by atoms with Gasteiger partial charge in [-0.3, -0.25) is 4.79 Å². The molecule has 0 bridgehead atoms. The first-order chi connectivity index (χ1) is 15.4. The summed E-state index contributed by atoms with van der Waals surface area (Å²) >= 11 is 0. The van der Waals surface area contributed by atoms with E-state index in [0.29, 0.717) is 11.5 Å². The molecule has 0 aliphatic rings. The number of aliphatic carboxylic acids is 1. The molecule has 7 nitrogen and oxygen atoms in total. The average Bonchev–Trinajstić information content (AvgIpc) is 2.79. The van der Waals surface area contributed by atoms with E-state index < -0.39 is 12.0 Å². The van der Waals surface area contributed by atoms with Crippen LogP contribution in [-0.2, 0) is 17.6 Å². The zero-order chi connectivity index (χ0) is 23.1. The number of carboxylic acids is 1. The number of hydrogen-bond donors (Lipinski definition) is 4. The Morgan fingerprint density at radius 2 is 1.56 bits per heavy atom. The van der Waals surface area contributed by atoms with Crippen LogP contribution in [0.15, 0.2) is 72.8 Å². The molecule has 0 fully saturated rings. The second kappa shape index (κ2) is 10.4. The Morgan fingerprint density at radius 1 is 0.906 bits per heavy atom. The van der Waals surface area contributed by atoms with Crippen LogP contribution in [0.4, 0.5) is 11.8 Å². The van der Waals surface area contributed by atoms with Crippen molar-refractivity contribution in [1.82, 2.24) is 9.97 Å². The fraction of sp³-hybridized carbons (Fsp3) is 0.160. The highest BCUT2D eigenvalue weighted by atomic mass is 16.4. The molecule has 0 aliphatic carbocycles. The smallest absolute Gasteiger partial charge is 0.320 e. The molecule has 4 aromatic rings. The summed E-state index contributed by atoms with van der Waals surface area (Å²) in [6.45, 7) is 2.18. The highest BCUT2D eigenvalue weighted by Crippen LogP contribution is 2.20. The van der Waals surface area contributed by atoms with Crippen molar-refractivity contribution in [3.05, 3.63) is 83.9 Å². The molecule has 32 heavy (non-hydrogen) atoms. The Labute approximate surface area is 186 Å². The number of aryl methyl sites for hydroxylation is 1. The maximum absolute atomic E-state index is 10.7. The van der Waals surface area contributed by atoms with E-state index in [4.69, 9.17) is 22.3 Å². The number of nitrogens with two attached hydrogens (primary N) is 3. The van der Waals surface area contributed by atoms with Crippen molar-refractivity contribution >= 4 is 28.5 Å². The van der Waals surface area contributed by atoms with Crippen molar-refractivity contribution in [1.29, 1.82) is 0 Å². The second-order valence-corrected chi connectivity index (χ2v) is 7.42. The first-order valence-electron chi connectivity index (χ1n) is 10.3. The van der Waals surface area contributed by atoms with Gasteiger partial charge in [-0.2, -0.15) is 4.98 Å². The topological polar surface area (TPSA) is 141 Å². The molecule has 164 valence electrons. The molecule has 0 spiro atoms. The van der Waals surface area contributed by atoms with Gasteiger partial charge < -0.3 is 22.3 Å². The molecule has 0 aliphatic heterocycles. The van der Waals surface area contributed by atoms with Gasteiger partial charge in [-0.1, -0.05) is 73.7 Å². The number of nitrogen functional groups attached to an aromatic ring is 2. The lowest BCUT2D eigenvalue weighted by atomic mass is 10.0. The van der Waals surface area contributed by atoms with Crippen LogP contribution in [0.2, 0.25) is 0 Å². The number of carboxylic acid groups (broad SMARTS) is 1. The second-order valence-electron chi connectivity index (χ2n) is 7.42. The number of anilines is 2. The van der Waals surface area contributed by atoms with E-state index in [1.807, 2.05) is 12.1 Å². The quantitative estimate of drug-likeness (QED) is 0.379. The largest absolute Gasteiger partial charge is 0.480 e. The molecule has 1 aromatic heterocycles. The molecule has 0 amide bonds. The van der Waals surface area contributed by atoms with Gasteiger partial charge in [0.05, 0.1) is 5.69 Å². The third-order valence-corrected chi connectivity index (χ3v) is 5.01. The van der Waals surface area contributed by atoms with Gasteiger partial charge in [-0.05, 0) is 34.7 Å². The molecule has 1 atom stereocenters. The summed E-state index contributed by atoms with van der Waals surface area (Å²) in [6, 6.07) is 23.0. The van der Waals surface area contributed by atoms with Crippen LogP contribution in [0.3, 0.4) is 0 Å². The van der Waals surface area contributed by atoms with E-state index in [9.17, 15) is 4.79 Å². The molecular formula is C25H27N5O2. The molecule has 0 saturated carbocycles. The third kappa shape index (κ3) is 6.02. The Balaban J connectivity index is 0.000000204. The number of carbonyl (C=O) groups is 1. The minimum Gasteiger partial charge on any atom is -0.480 e. The molecule has 7 N–H and O–H groups in total. The summed E-state index contributed by atoms with van der Waals surface area (Å²) < 4.78 is 0. The summed E-state index contributed by atoms with van der Waals surface area (Å²) in [5.74, 6) is -0.619. The lowest BCUT2D eigenvalue weighted by Gasteiger charge is -2.08. The van der Waals surface area contributed by atoms with Gasteiger partial charge in [-0.15, -0.1) is 0 Å². The number of hydrogen-bond acceptors (Lipinski definition) is 6. The summed E-state index contributed by atoms with van der Waals surface area (Å²) in [7, 11) is 0. The summed E-state index contributed by atoms with van der Waals surface area (Å²) in [4.78, 5) is 18.6. The van der Waals surface area contributed by atoms with Gasteiger partial charge in [-0.25, -0.2) is 4.98 Å². The predicted molar refractivity (Wildman–Crippen MR) is 129 cm³/mol. The molecule has 1 unspecified atom stereocenters. The number of benzene rings is 3. The molecule has 1 heterocycles. The normalized spacial score (nSPS) is 11.4. The average molecular weight is 430 g/mol. The van der Waals surface area contributed by atoms with Crippen molar-refractivity contribution in [3.63, 3.8) is 0 Å². The summed E-state index contributed by atoms with van der Waals surface area (Å²) in [5, 5.41) is 11.4. The van der Waals surface area contributed by atoms with E-state index in [1.165, 1.54) is 16.3 Å². The van der Waals surface area contributed by atoms with Crippen LogP contribution in [0, 0.1) is 0 Å². The van der Waals surface area contributed by atoms with E-state index in [1.54, 1.807) is 18.2 Å². The summed E-state index contributed by atoms with van der Waals surface area (Å²) in [5.41, 5.74) is 20.3. The molecule has 0 radical (unpaired) electrons. The van der Waals surface area contributed by atoms with Crippen LogP contribution in [0.5, 0.6) is 0 Å². The van der Waals surface area contributed by atoms with Crippen molar-refractivity contribution in [3.8, 4) is 11.3 Å². The SMILES string of the molecule is CCc1ccc2ccccc2c1.Nc1cc(-c2ccc(CC(N)C(=O)O)cc2)nc(N)n1. The predicted octanol–water partition coefficient (Wildman–Crippen LogP) is 3.66. The number of nitrogens with zero attached hydrogens (tertiary/aromatic N) is 2. The van der Waals surface area contributed by atoms with Crippen molar-refractivity contribution < 1.29 is 9.90 Å². The minimum atomic E-state index is -1.02. The fourth-order valence-electron chi connectivity index (χ4n) is 3.24. The van der Waals surface area contributed by atoms with Crippen LogP contribution >= 0.6 is 0 Å². The monoisotopic (exact) mass is 429 g/mol. The van der Waals surface area contributed by atoms with Gasteiger partial charge in [0.1, 0.15) is 11.9 Å². The van der Waals surface area contributed by atoms with Crippen LogP contribution < -0.4 is 17.2 Å². The van der Waals surface area contributed by atoms with Gasteiger partial charge in [0.25, 0.3) is 0 Å². The van der Waals surface area contributed by atoms with Crippen LogP contribution in [-0.4, -0.2) is 27.1 Å². The lowest BCUT2D eigenvalue weighted by molar-refractivity contribution is -0.138. The van der Waals surface area contributed by atoms with Gasteiger partial charge in [0.15, 0.2) is 0 Å². The maximum Gasteiger partial charge on any atom is 0.320 e. The molecule has 0 saturated heterocycles. The standard InChI is InChI=1S/C13H15N5O2.C12H12/c14-9(12(19)20)5-7-1-3-8(4-2-7)10-6-11(15)18-13(16)17-10;1-2-10-7-8-11-5-3-4-6-12(11)9-10/h1-4,6,9H,5,14H2,(H,19,20)(H4,15,16,17,18);3-9H,2H2,1H3. The van der Waals surface area contributed by atoms with Crippen molar-refractivity contribution in [2.24, 2.45) is 5.73 Å². The highest BCUT2D eigenvalue weighted by molar-refractivity contribution is 5.83. The minimum absolute atomic E-state index is 0.108. The van der Waals surface area contributed by atoms with Crippen LogP contribution in [0.25, 0.3) is 22.0 Å². The molecule has 7 heteroatoms. The Bertz CT molecular complexity index is 1190. The maximum atomic E-state index is 10.7. The van der Waals surface area contributed by atoms with Crippen molar-refractivity contribution in [2.75, 3.05) is 11.5 Å². The van der Waals surface area contributed by atoms with Gasteiger partial charge >= 0.3 is 5.97 Å². The van der Waals surface area contributed by atoms with Crippen molar-refractivity contribution in [2.45, 2.75) is 25.8 Å². The van der Waals surface area contributed by atoms with Crippen LogP contribution in [0.1, 0.15) is 18.1 Å². The fourth-order valence-corrected chi connectivity index (χ4v) is 3.24. The Morgan fingerprint density at radius 3 is 2.19 bits per heavy atom. The van der Waals surface area contributed by atoms with E-state index in [0.717, 1.165) is 17.5 Å². The first kappa shape index (κ1) is 22.7. The number of fused-ring (bicyclic) bond motifs is 1. The zero-order valence-electron chi connectivity index (χ0n) is 17.9. The highest BCUT2D eigenvalue weighted by Gasteiger charge is 2.12. The number of rotatable bonds is 5. The first-order valence-corrected chi connectivity index (χ1v) is 10.3. The van der Waals surface area contributed by atoms with E-state index >= 15 is 0 Å². The molecular weight excluding hydrogens is 402 g/mol. The van der Waals surface area contributed by atoms with Gasteiger partial charge in [0.2, 0.25) is 5.95 Å². The van der Waals surface area contributed by atoms with E-state index in [-0.39, 0.29) is 12.4 Å². The Hall–Kier alpha value is -3.97. The van der Waals surface area contributed by atoms with E-state index in [2.05, 4.69) is 59.4 Å².